The molecule has 4 rings (SSSR count). The van der Waals surface area contributed by atoms with Crippen LogP contribution in [0.15, 0.2) is 53.5 Å². The number of amides is 1. The molecule has 3 N–H and O–H groups in total. The van der Waals surface area contributed by atoms with Crippen molar-refractivity contribution in [2.75, 3.05) is 19.7 Å². The quantitative estimate of drug-likeness (QED) is 0.721. The minimum absolute atomic E-state index is 0.160. The van der Waals surface area contributed by atoms with E-state index < -0.39 is 5.66 Å². The van der Waals surface area contributed by atoms with Crippen molar-refractivity contribution in [2.45, 2.75) is 37.9 Å². The Morgan fingerprint density at radius 1 is 1.13 bits per heavy atom. The Kier molecular flexibility index (Phi) is 5.63. The second-order valence-corrected chi connectivity index (χ2v) is 7.75. The number of para-hydroxylation sites is 2. The van der Waals surface area contributed by atoms with Gasteiger partial charge < -0.3 is 19.8 Å². The lowest BCUT2D eigenvalue weighted by Gasteiger charge is -2.45. The van der Waals surface area contributed by atoms with Crippen molar-refractivity contribution >= 4 is 11.8 Å². The van der Waals surface area contributed by atoms with E-state index in [1.165, 1.54) is 0 Å². The molecule has 0 aliphatic carbocycles. The highest BCUT2D eigenvalue weighted by Gasteiger charge is 2.41. The summed E-state index contributed by atoms with van der Waals surface area (Å²) in [7, 11) is 0. The Labute approximate surface area is 176 Å². The van der Waals surface area contributed by atoms with Crippen molar-refractivity contribution in [1.82, 2.24) is 10.2 Å². The molecule has 1 spiro atoms. The second kappa shape index (κ2) is 8.36. The third-order valence-electron chi connectivity index (χ3n) is 5.83. The van der Waals surface area contributed by atoms with Crippen molar-refractivity contribution in [3.8, 4) is 11.5 Å². The summed E-state index contributed by atoms with van der Waals surface area (Å²) in [5, 5.41) is 24.5. The van der Waals surface area contributed by atoms with Crippen LogP contribution in [0.2, 0.25) is 0 Å². The number of hydrogen-bond acceptors (Lipinski definition) is 6. The van der Waals surface area contributed by atoms with Gasteiger partial charge in [0, 0.05) is 55.2 Å². The van der Waals surface area contributed by atoms with Gasteiger partial charge >= 0.3 is 6.09 Å². The zero-order valence-electron chi connectivity index (χ0n) is 17.0. The highest BCUT2D eigenvalue weighted by Crippen LogP contribution is 2.38. The van der Waals surface area contributed by atoms with E-state index in [9.17, 15) is 15.0 Å². The number of nitrogens with zero attached hydrogens (tertiary/aromatic N) is 2. The summed E-state index contributed by atoms with van der Waals surface area (Å²) >= 11 is 0. The zero-order chi connectivity index (χ0) is 21.1. The van der Waals surface area contributed by atoms with Crippen molar-refractivity contribution < 1.29 is 19.7 Å². The van der Waals surface area contributed by atoms with Gasteiger partial charge in [0.05, 0.1) is 6.61 Å². The maximum atomic E-state index is 12.1. The van der Waals surface area contributed by atoms with Crippen molar-refractivity contribution in [3.05, 3.63) is 59.7 Å². The maximum Gasteiger partial charge on any atom is 0.409 e. The Morgan fingerprint density at radius 2 is 1.80 bits per heavy atom. The van der Waals surface area contributed by atoms with E-state index in [2.05, 4.69) is 5.32 Å². The molecular weight excluding hydrogens is 382 g/mol. The van der Waals surface area contributed by atoms with Crippen LogP contribution in [0.25, 0.3) is 0 Å². The number of hydrogen-bond donors (Lipinski definition) is 3. The van der Waals surface area contributed by atoms with E-state index in [0.717, 1.165) is 11.3 Å². The van der Waals surface area contributed by atoms with E-state index in [4.69, 9.17) is 9.73 Å². The van der Waals surface area contributed by atoms with Crippen LogP contribution in [0.5, 0.6) is 11.5 Å². The smallest absolute Gasteiger partial charge is 0.409 e. The molecule has 0 aromatic heterocycles. The maximum absolute atomic E-state index is 12.1. The molecule has 1 atom stereocenters. The van der Waals surface area contributed by atoms with E-state index in [-0.39, 0.29) is 23.6 Å². The molecule has 1 fully saturated rings. The third-order valence-corrected chi connectivity index (χ3v) is 5.83. The lowest BCUT2D eigenvalue weighted by molar-refractivity contribution is 0.0778. The average molecular weight is 409 g/mol. The van der Waals surface area contributed by atoms with Crippen LogP contribution in [0.3, 0.4) is 0 Å². The number of ether oxygens (including phenoxy) is 1. The molecule has 1 saturated heterocycles. The van der Waals surface area contributed by atoms with E-state index in [1.807, 2.05) is 24.3 Å². The number of rotatable bonds is 3. The first-order valence-corrected chi connectivity index (χ1v) is 10.4. The molecule has 2 aliphatic rings. The van der Waals surface area contributed by atoms with Crippen LogP contribution in [0.4, 0.5) is 4.79 Å². The molecule has 0 bridgehead atoms. The number of phenols is 2. The van der Waals surface area contributed by atoms with Gasteiger partial charge in [-0.2, -0.15) is 0 Å². The first-order valence-electron chi connectivity index (χ1n) is 10.4. The summed E-state index contributed by atoms with van der Waals surface area (Å²) < 4.78 is 5.13. The SMILES string of the molecule is CCOC(=O)N1CCC2(CC1)N=C(c1ccccc1O)C[C@H](c1ccccc1O)N2. The number of piperidine rings is 1. The summed E-state index contributed by atoms with van der Waals surface area (Å²) in [6, 6.07) is 14.3. The zero-order valence-corrected chi connectivity index (χ0v) is 17.0. The molecule has 1 amide bonds. The molecule has 7 heteroatoms. The molecule has 2 aliphatic heterocycles. The number of nitrogens with one attached hydrogen (secondary N) is 1. The predicted molar refractivity (Wildman–Crippen MR) is 114 cm³/mol. The Morgan fingerprint density at radius 3 is 2.47 bits per heavy atom. The van der Waals surface area contributed by atoms with E-state index >= 15 is 0 Å². The van der Waals surface area contributed by atoms with E-state index in [1.54, 1.807) is 36.1 Å². The number of aromatic hydroxyl groups is 2. The fourth-order valence-electron chi connectivity index (χ4n) is 4.29. The van der Waals surface area contributed by atoms with Gasteiger partial charge in [-0.3, -0.25) is 10.3 Å². The monoisotopic (exact) mass is 409 g/mol. The summed E-state index contributed by atoms with van der Waals surface area (Å²) in [6.45, 7) is 3.20. The highest BCUT2D eigenvalue weighted by atomic mass is 16.6. The number of carbonyl (C=O) groups excluding carboxylic acids is 1. The minimum Gasteiger partial charge on any atom is -0.508 e. The molecule has 158 valence electrons. The lowest BCUT2D eigenvalue weighted by atomic mass is 9.87. The minimum atomic E-state index is -0.578. The highest BCUT2D eigenvalue weighted by molar-refractivity contribution is 6.03. The van der Waals surface area contributed by atoms with Crippen molar-refractivity contribution in [1.29, 1.82) is 0 Å². The molecule has 0 unspecified atom stereocenters. The Hall–Kier alpha value is -3.06. The first-order chi connectivity index (χ1) is 14.5. The lowest BCUT2D eigenvalue weighted by Crippen LogP contribution is -2.56. The molecule has 2 aromatic carbocycles. The molecule has 7 nitrogen and oxygen atoms in total. The number of carbonyl (C=O) groups is 1. The summed E-state index contributed by atoms with van der Waals surface area (Å²) in [5.41, 5.74) is 1.72. The van der Waals surface area contributed by atoms with Crippen molar-refractivity contribution in [3.63, 3.8) is 0 Å². The predicted octanol–water partition coefficient (Wildman–Crippen LogP) is 3.57. The largest absolute Gasteiger partial charge is 0.508 e. The van der Waals surface area contributed by atoms with Crippen LogP contribution in [0, 0.1) is 0 Å². The van der Waals surface area contributed by atoms with Gasteiger partial charge in [-0.15, -0.1) is 0 Å². The molecule has 0 radical (unpaired) electrons. The third kappa shape index (κ3) is 3.98. The molecule has 0 saturated carbocycles. The number of aliphatic imine (C=N–C) groups is 1. The summed E-state index contributed by atoms with van der Waals surface area (Å²) in [5.74, 6) is 0.418. The van der Waals surface area contributed by atoms with Gasteiger partial charge in [-0.05, 0) is 25.1 Å². The van der Waals surface area contributed by atoms with Gasteiger partial charge in [0.15, 0.2) is 0 Å². The fraction of sp³-hybridized carbons (Fsp3) is 0.391. The van der Waals surface area contributed by atoms with E-state index in [0.29, 0.717) is 44.5 Å². The summed E-state index contributed by atoms with van der Waals surface area (Å²) in [6.07, 6.45) is 1.48. The number of likely N-dealkylation sites (tertiary alicyclic amines) is 1. The Bertz CT molecular complexity index is 951. The first kappa shape index (κ1) is 20.2. The topological polar surface area (TPSA) is 94.4 Å². The average Bonchev–Trinajstić information content (AvgIpc) is 2.75. The fourth-order valence-corrected chi connectivity index (χ4v) is 4.29. The van der Waals surface area contributed by atoms with Crippen LogP contribution >= 0.6 is 0 Å². The standard InChI is InChI=1S/C23H27N3O4/c1-2-30-22(29)26-13-11-23(12-14-26)24-18(16-7-3-5-9-20(16)27)15-19(25-23)17-8-4-6-10-21(17)28/h3-10,18,24,27-28H,2,11-15H2,1H3/t18-/m1/s1. The van der Waals surface area contributed by atoms with Gasteiger partial charge in [0.1, 0.15) is 17.2 Å². The Balaban J connectivity index is 1.67. The normalized spacial score (nSPS) is 20.6. The van der Waals surface area contributed by atoms with Gasteiger partial charge in [-0.25, -0.2) is 4.79 Å². The molecule has 2 aromatic rings. The van der Waals surface area contributed by atoms with Crippen LogP contribution in [-0.4, -0.2) is 52.3 Å². The number of benzene rings is 2. The second-order valence-electron chi connectivity index (χ2n) is 7.75. The molecule has 30 heavy (non-hydrogen) atoms. The van der Waals surface area contributed by atoms with Gasteiger partial charge in [0.2, 0.25) is 0 Å². The molecular formula is C23H27N3O4. The molecule has 2 heterocycles. The number of phenolic OH excluding ortho intramolecular Hbond substituents is 2. The van der Waals surface area contributed by atoms with Crippen LogP contribution < -0.4 is 5.32 Å². The van der Waals surface area contributed by atoms with Gasteiger partial charge in [0.25, 0.3) is 0 Å². The summed E-state index contributed by atoms with van der Waals surface area (Å²) in [4.78, 5) is 18.8. The van der Waals surface area contributed by atoms with Crippen LogP contribution in [0.1, 0.15) is 43.4 Å². The van der Waals surface area contributed by atoms with Gasteiger partial charge in [-0.1, -0.05) is 30.3 Å². The van der Waals surface area contributed by atoms with Crippen LogP contribution in [-0.2, 0) is 4.74 Å². The van der Waals surface area contributed by atoms with Crippen molar-refractivity contribution in [2.24, 2.45) is 4.99 Å².